The van der Waals surface area contributed by atoms with Gasteiger partial charge in [0.1, 0.15) is 0 Å². The van der Waals surface area contributed by atoms with Gasteiger partial charge >= 0.3 is 0 Å². The summed E-state index contributed by atoms with van der Waals surface area (Å²) in [5, 5.41) is 0. The molecule has 0 amide bonds. The summed E-state index contributed by atoms with van der Waals surface area (Å²) in [6.45, 7) is 13.6. The maximum absolute atomic E-state index is 2.47. The van der Waals surface area contributed by atoms with E-state index in [0.29, 0.717) is 0 Å². The van der Waals surface area contributed by atoms with Crippen molar-refractivity contribution in [3.8, 4) is 0 Å². The number of nitrogens with zero attached hydrogens (tertiary/aromatic N) is 2. The summed E-state index contributed by atoms with van der Waals surface area (Å²) >= 11 is 0. The van der Waals surface area contributed by atoms with Crippen molar-refractivity contribution in [1.82, 2.24) is 9.34 Å². The Morgan fingerprint density at radius 3 is 1.17 bits per heavy atom. The first kappa shape index (κ1) is 14.9. The molecule has 71 valence electrons. The molecular formula is C8H21BN2P. The van der Waals surface area contributed by atoms with Crippen molar-refractivity contribution in [2.24, 2.45) is 0 Å². The summed E-state index contributed by atoms with van der Waals surface area (Å²) in [6.07, 6.45) is 0. The highest BCUT2D eigenvalue weighted by Crippen LogP contribution is 2.21. The Morgan fingerprint density at radius 2 is 1.00 bits per heavy atom. The van der Waals surface area contributed by atoms with Gasteiger partial charge in [-0.3, -0.25) is 9.34 Å². The first-order valence-corrected chi connectivity index (χ1v) is 5.43. The molecule has 0 heterocycles. The van der Waals surface area contributed by atoms with Crippen LogP contribution in [0.4, 0.5) is 0 Å². The van der Waals surface area contributed by atoms with E-state index in [-0.39, 0.29) is 8.41 Å². The van der Waals surface area contributed by atoms with Gasteiger partial charge in [0.15, 0.2) is 0 Å². The molecule has 0 saturated heterocycles. The Hall–Kier alpha value is 0.415. The van der Waals surface area contributed by atoms with Crippen LogP contribution in [0, 0.1) is 0 Å². The summed E-state index contributed by atoms with van der Waals surface area (Å²) in [5.41, 5.74) is 0. The van der Waals surface area contributed by atoms with Crippen molar-refractivity contribution in [2.45, 2.75) is 27.7 Å². The van der Waals surface area contributed by atoms with Gasteiger partial charge in [0.2, 0.25) is 0 Å². The maximum atomic E-state index is 2.47. The Balaban J connectivity index is 0. The number of rotatable bonds is 6. The molecule has 0 atom stereocenters. The zero-order valence-electron chi connectivity index (χ0n) is 8.80. The molecule has 0 aromatic carbocycles. The van der Waals surface area contributed by atoms with Crippen molar-refractivity contribution >= 4 is 17.3 Å². The van der Waals surface area contributed by atoms with Crippen molar-refractivity contribution in [3.63, 3.8) is 0 Å². The molecule has 0 fully saturated rings. The lowest BCUT2D eigenvalue weighted by atomic mass is 10.7. The largest absolute Gasteiger partial charge is 0.273 e. The van der Waals surface area contributed by atoms with Crippen LogP contribution < -0.4 is 0 Å². The minimum Gasteiger partial charge on any atom is -0.273 e. The standard InChI is InChI=1S/C8H21N2P.B/c1-5-9(6-2)11-10(7-3)8-4;/h11H,5-8H2,1-4H3;. The van der Waals surface area contributed by atoms with Crippen LogP contribution in [0.3, 0.4) is 0 Å². The van der Waals surface area contributed by atoms with Crippen LogP contribution >= 0.6 is 8.88 Å². The average Bonchev–Trinajstić information content (AvgIpc) is 2.07. The van der Waals surface area contributed by atoms with Crippen LogP contribution in [-0.4, -0.2) is 43.9 Å². The van der Waals surface area contributed by atoms with Crippen molar-refractivity contribution in [1.29, 1.82) is 0 Å². The van der Waals surface area contributed by atoms with E-state index in [1.165, 1.54) is 26.2 Å². The van der Waals surface area contributed by atoms with E-state index in [2.05, 4.69) is 37.0 Å². The fraction of sp³-hybridized carbons (Fsp3) is 1.00. The number of hydrogen-bond donors (Lipinski definition) is 0. The molecule has 0 spiro atoms. The van der Waals surface area contributed by atoms with Gasteiger partial charge in [-0.05, 0) is 0 Å². The van der Waals surface area contributed by atoms with Crippen LogP contribution in [0.1, 0.15) is 27.7 Å². The first-order valence-electron chi connectivity index (χ1n) is 4.54. The van der Waals surface area contributed by atoms with Gasteiger partial charge in [-0.15, -0.1) is 0 Å². The van der Waals surface area contributed by atoms with Crippen LogP contribution in [0.2, 0.25) is 0 Å². The van der Waals surface area contributed by atoms with Crippen LogP contribution in [-0.2, 0) is 0 Å². The molecule has 0 rings (SSSR count). The lowest BCUT2D eigenvalue weighted by molar-refractivity contribution is 0.439. The average molecular weight is 187 g/mol. The normalized spacial score (nSPS) is 10.5. The third kappa shape index (κ3) is 5.99. The molecule has 3 radical (unpaired) electrons. The Morgan fingerprint density at radius 1 is 0.750 bits per heavy atom. The third-order valence-electron chi connectivity index (χ3n) is 1.81. The minimum atomic E-state index is 0. The Labute approximate surface area is 81.2 Å². The van der Waals surface area contributed by atoms with Crippen LogP contribution in [0.15, 0.2) is 0 Å². The molecular weight excluding hydrogens is 166 g/mol. The second-order valence-corrected chi connectivity index (χ2v) is 3.91. The molecule has 0 saturated carbocycles. The summed E-state index contributed by atoms with van der Waals surface area (Å²) in [7, 11) is 0.881. The van der Waals surface area contributed by atoms with E-state index in [9.17, 15) is 0 Å². The molecule has 0 unspecified atom stereocenters. The second kappa shape index (κ2) is 9.50. The summed E-state index contributed by atoms with van der Waals surface area (Å²) < 4.78 is 4.93. The van der Waals surface area contributed by atoms with E-state index in [1.54, 1.807) is 0 Å². The molecule has 0 aliphatic rings. The minimum absolute atomic E-state index is 0. The molecule has 0 aliphatic carbocycles. The predicted molar refractivity (Wildman–Crippen MR) is 59.9 cm³/mol. The smallest absolute Gasteiger partial charge is 0.0239 e. The summed E-state index contributed by atoms with van der Waals surface area (Å²) in [5.74, 6) is 0. The van der Waals surface area contributed by atoms with Gasteiger partial charge in [0, 0.05) is 43.5 Å². The highest BCUT2D eigenvalue weighted by Gasteiger charge is 2.03. The van der Waals surface area contributed by atoms with E-state index in [0.717, 1.165) is 8.88 Å². The SMILES string of the molecule is CCN(CC)PN(CC)CC.[B]. The van der Waals surface area contributed by atoms with Gasteiger partial charge < -0.3 is 0 Å². The lowest BCUT2D eigenvalue weighted by Crippen LogP contribution is -2.22. The van der Waals surface area contributed by atoms with E-state index in [4.69, 9.17) is 0 Å². The predicted octanol–water partition coefficient (Wildman–Crippen LogP) is 1.80. The van der Waals surface area contributed by atoms with Gasteiger partial charge in [0.05, 0.1) is 0 Å². The monoisotopic (exact) mass is 187 g/mol. The maximum Gasteiger partial charge on any atom is 0.0239 e. The van der Waals surface area contributed by atoms with Gasteiger partial charge in [-0.1, -0.05) is 27.7 Å². The molecule has 0 aliphatic heterocycles. The molecule has 12 heavy (non-hydrogen) atoms. The molecule has 0 bridgehead atoms. The van der Waals surface area contributed by atoms with E-state index < -0.39 is 0 Å². The fourth-order valence-corrected chi connectivity index (χ4v) is 1.90. The summed E-state index contributed by atoms with van der Waals surface area (Å²) in [4.78, 5) is 0. The first-order chi connectivity index (χ1) is 5.28. The van der Waals surface area contributed by atoms with Crippen LogP contribution in [0.25, 0.3) is 0 Å². The molecule has 2 nitrogen and oxygen atoms in total. The van der Waals surface area contributed by atoms with Crippen molar-refractivity contribution in [3.05, 3.63) is 0 Å². The molecule has 4 heteroatoms. The number of hydrogen-bond acceptors (Lipinski definition) is 2. The highest BCUT2D eigenvalue weighted by atomic mass is 31.1. The van der Waals surface area contributed by atoms with Crippen LogP contribution in [0.5, 0.6) is 0 Å². The molecule has 0 aromatic rings. The Kier molecular flexibility index (Phi) is 11.8. The van der Waals surface area contributed by atoms with E-state index >= 15 is 0 Å². The second-order valence-electron chi connectivity index (χ2n) is 2.44. The van der Waals surface area contributed by atoms with Gasteiger partial charge in [-0.25, -0.2) is 0 Å². The third-order valence-corrected chi connectivity index (χ3v) is 3.64. The molecule has 0 aromatic heterocycles. The topological polar surface area (TPSA) is 6.48 Å². The zero-order valence-corrected chi connectivity index (χ0v) is 9.80. The Bertz CT molecular complexity index is 75.1. The zero-order chi connectivity index (χ0) is 8.69. The van der Waals surface area contributed by atoms with Gasteiger partial charge in [-0.2, -0.15) is 0 Å². The summed E-state index contributed by atoms with van der Waals surface area (Å²) in [6, 6.07) is 0. The van der Waals surface area contributed by atoms with Crippen molar-refractivity contribution < 1.29 is 0 Å². The van der Waals surface area contributed by atoms with Gasteiger partial charge in [0.25, 0.3) is 0 Å². The fourth-order valence-electron chi connectivity index (χ4n) is 0.930. The lowest BCUT2D eigenvalue weighted by Gasteiger charge is -2.26. The molecule has 0 N–H and O–H groups in total. The quantitative estimate of drug-likeness (QED) is 0.462. The van der Waals surface area contributed by atoms with Crippen molar-refractivity contribution in [2.75, 3.05) is 26.2 Å². The van der Waals surface area contributed by atoms with E-state index in [1.807, 2.05) is 0 Å². The highest BCUT2D eigenvalue weighted by molar-refractivity contribution is 7.32.